The molecule has 20 heavy (non-hydrogen) atoms. The highest BCUT2D eigenvalue weighted by atomic mass is 16.4. The SMILES string of the molecule is CC(CCCC(C)C(=O)O)NC(=O)N(C)C(C)C(C)C. The predicted molar refractivity (Wildman–Crippen MR) is 80.7 cm³/mol. The molecule has 0 aliphatic heterocycles. The van der Waals surface area contributed by atoms with Crippen LogP contribution >= 0.6 is 0 Å². The predicted octanol–water partition coefficient (Wildman–Crippen LogP) is 2.95. The van der Waals surface area contributed by atoms with Crippen LogP contribution in [0.25, 0.3) is 0 Å². The van der Waals surface area contributed by atoms with Crippen LogP contribution in [-0.2, 0) is 4.79 Å². The van der Waals surface area contributed by atoms with E-state index in [0.29, 0.717) is 12.3 Å². The number of hydrogen-bond acceptors (Lipinski definition) is 2. The Hall–Kier alpha value is -1.26. The minimum absolute atomic E-state index is 0.0605. The van der Waals surface area contributed by atoms with Gasteiger partial charge >= 0.3 is 12.0 Å². The molecule has 0 aliphatic carbocycles. The van der Waals surface area contributed by atoms with E-state index in [4.69, 9.17) is 5.11 Å². The monoisotopic (exact) mass is 286 g/mol. The van der Waals surface area contributed by atoms with Crippen LogP contribution in [0.2, 0.25) is 0 Å². The Morgan fingerprint density at radius 3 is 2.10 bits per heavy atom. The number of carboxylic acid groups (broad SMARTS) is 1. The van der Waals surface area contributed by atoms with Gasteiger partial charge in [-0.25, -0.2) is 4.79 Å². The Morgan fingerprint density at radius 2 is 1.65 bits per heavy atom. The van der Waals surface area contributed by atoms with Gasteiger partial charge in [-0.3, -0.25) is 4.79 Å². The van der Waals surface area contributed by atoms with Crippen LogP contribution in [-0.4, -0.2) is 41.1 Å². The highest BCUT2D eigenvalue weighted by molar-refractivity contribution is 5.74. The van der Waals surface area contributed by atoms with Gasteiger partial charge in [-0.15, -0.1) is 0 Å². The molecule has 0 aliphatic rings. The molecule has 5 nitrogen and oxygen atoms in total. The largest absolute Gasteiger partial charge is 0.481 e. The zero-order valence-electron chi connectivity index (χ0n) is 13.6. The van der Waals surface area contributed by atoms with E-state index in [-0.39, 0.29) is 24.0 Å². The first kappa shape index (κ1) is 18.7. The Balaban J connectivity index is 4.05. The molecule has 0 aromatic carbocycles. The van der Waals surface area contributed by atoms with Crippen molar-refractivity contribution in [2.45, 2.75) is 66.0 Å². The molecule has 0 saturated carbocycles. The Labute approximate surface area is 122 Å². The number of nitrogens with one attached hydrogen (secondary N) is 1. The number of carboxylic acids is 1. The second-order valence-electron chi connectivity index (χ2n) is 6.12. The summed E-state index contributed by atoms with van der Waals surface area (Å²) in [5, 5.41) is 11.8. The van der Waals surface area contributed by atoms with Gasteiger partial charge in [0.1, 0.15) is 0 Å². The number of amides is 2. The van der Waals surface area contributed by atoms with Gasteiger partial charge in [-0.2, -0.15) is 0 Å². The summed E-state index contributed by atoms with van der Waals surface area (Å²) < 4.78 is 0. The fraction of sp³-hybridized carbons (Fsp3) is 0.867. The molecule has 2 amide bonds. The Morgan fingerprint density at radius 1 is 1.10 bits per heavy atom. The molecule has 3 atom stereocenters. The van der Waals surface area contributed by atoms with Crippen LogP contribution in [0.15, 0.2) is 0 Å². The van der Waals surface area contributed by atoms with E-state index >= 15 is 0 Å². The maximum absolute atomic E-state index is 12.0. The summed E-state index contributed by atoms with van der Waals surface area (Å²) in [5.74, 6) is -0.661. The summed E-state index contributed by atoms with van der Waals surface area (Å²) in [6, 6.07) is 0.185. The first-order valence-corrected chi connectivity index (χ1v) is 7.42. The molecule has 0 fully saturated rings. The number of hydrogen-bond donors (Lipinski definition) is 2. The fourth-order valence-corrected chi connectivity index (χ4v) is 1.87. The second kappa shape index (κ2) is 8.82. The van der Waals surface area contributed by atoms with Crippen molar-refractivity contribution in [2.24, 2.45) is 11.8 Å². The number of rotatable bonds is 8. The molecule has 0 spiro atoms. The topological polar surface area (TPSA) is 69.6 Å². The zero-order valence-corrected chi connectivity index (χ0v) is 13.6. The van der Waals surface area contributed by atoms with Crippen molar-refractivity contribution in [2.75, 3.05) is 7.05 Å². The average Bonchev–Trinajstić information content (AvgIpc) is 2.36. The maximum atomic E-state index is 12.0. The molecule has 5 heteroatoms. The van der Waals surface area contributed by atoms with Crippen molar-refractivity contribution in [3.05, 3.63) is 0 Å². The lowest BCUT2D eigenvalue weighted by atomic mass is 10.0. The summed E-state index contributed by atoms with van der Waals surface area (Å²) in [6.07, 6.45) is 2.25. The lowest BCUT2D eigenvalue weighted by molar-refractivity contribution is -0.141. The molecular weight excluding hydrogens is 256 g/mol. The third-order valence-corrected chi connectivity index (χ3v) is 3.96. The summed E-state index contributed by atoms with van der Waals surface area (Å²) in [4.78, 5) is 24.5. The Bertz CT molecular complexity index is 318. The maximum Gasteiger partial charge on any atom is 0.317 e. The smallest absolute Gasteiger partial charge is 0.317 e. The van der Waals surface area contributed by atoms with Crippen LogP contribution in [0.5, 0.6) is 0 Å². The molecule has 0 aromatic heterocycles. The second-order valence-corrected chi connectivity index (χ2v) is 6.12. The standard InChI is InChI=1S/C15H30N2O3/c1-10(2)13(5)17(6)15(20)16-12(4)9-7-8-11(3)14(18)19/h10-13H,7-9H2,1-6H3,(H,16,20)(H,18,19). The van der Waals surface area contributed by atoms with Gasteiger partial charge in [-0.05, 0) is 32.6 Å². The van der Waals surface area contributed by atoms with Gasteiger partial charge in [0, 0.05) is 19.1 Å². The van der Waals surface area contributed by atoms with Crippen molar-refractivity contribution in [1.29, 1.82) is 0 Å². The van der Waals surface area contributed by atoms with Crippen molar-refractivity contribution in [3.63, 3.8) is 0 Å². The van der Waals surface area contributed by atoms with Crippen LogP contribution in [0.1, 0.15) is 53.9 Å². The normalized spacial score (nSPS) is 15.6. The lowest BCUT2D eigenvalue weighted by Gasteiger charge is -2.29. The van der Waals surface area contributed by atoms with Gasteiger partial charge < -0.3 is 15.3 Å². The van der Waals surface area contributed by atoms with Crippen LogP contribution in [0.3, 0.4) is 0 Å². The number of aliphatic carboxylic acids is 1. The summed E-state index contributed by atoms with van der Waals surface area (Å²) in [7, 11) is 1.80. The van der Waals surface area contributed by atoms with Crippen LogP contribution in [0.4, 0.5) is 4.79 Å². The summed E-state index contributed by atoms with van der Waals surface area (Å²) >= 11 is 0. The van der Waals surface area contributed by atoms with Crippen LogP contribution in [0, 0.1) is 11.8 Å². The van der Waals surface area contributed by atoms with E-state index in [1.165, 1.54) is 0 Å². The van der Waals surface area contributed by atoms with Crippen LogP contribution < -0.4 is 5.32 Å². The van der Waals surface area contributed by atoms with E-state index in [2.05, 4.69) is 19.2 Å². The molecule has 2 N–H and O–H groups in total. The van der Waals surface area contributed by atoms with E-state index in [1.54, 1.807) is 18.9 Å². The molecule has 0 heterocycles. The highest BCUT2D eigenvalue weighted by Gasteiger charge is 2.19. The first-order chi connectivity index (χ1) is 9.16. The first-order valence-electron chi connectivity index (χ1n) is 7.42. The third kappa shape index (κ3) is 6.78. The van der Waals surface area contributed by atoms with Crippen molar-refractivity contribution < 1.29 is 14.7 Å². The number of carbonyl (C=O) groups excluding carboxylic acids is 1. The summed E-state index contributed by atoms with van der Waals surface area (Å²) in [5.41, 5.74) is 0. The molecule has 0 aromatic rings. The van der Waals surface area contributed by atoms with E-state index in [0.717, 1.165) is 12.8 Å². The van der Waals surface area contributed by atoms with Crippen molar-refractivity contribution in [3.8, 4) is 0 Å². The quantitative estimate of drug-likeness (QED) is 0.720. The van der Waals surface area contributed by atoms with Gasteiger partial charge in [0.25, 0.3) is 0 Å². The minimum atomic E-state index is -0.757. The zero-order chi connectivity index (χ0) is 15.9. The molecule has 0 radical (unpaired) electrons. The third-order valence-electron chi connectivity index (χ3n) is 3.96. The van der Waals surface area contributed by atoms with E-state index in [1.807, 2.05) is 13.8 Å². The molecule has 0 saturated heterocycles. The van der Waals surface area contributed by atoms with Crippen molar-refractivity contribution >= 4 is 12.0 Å². The van der Waals surface area contributed by atoms with Crippen molar-refractivity contribution in [1.82, 2.24) is 10.2 Å². The van der Waals surface area contributed by atoms with E-state index < -0.39 is 5.97 Å². The molecule has 0 rings (SSSR count). The molecule has 118 valence electrons. The summed E-state index contributed by atoms with van der Waals surface area (Å²) in [6.45, 7) is 9.88. The molecule has 0 bridgehead atoms. The minimum Gasteiger partial charge on any atom is -0.481 e. The lowest BCUT2D eigenvalue weighted by Crippen LogP contribution is -2.47. The van der Waals surface area contributed by atoms with Gasteiger partial charge in [-0.1, -0.05) is 27.2 Å². The highest BCUT2D eigenvalue weighted by Crippen LogP contribution is 2.11. The van der Waals surface area contributed by atoms with E-state index in [9.17, 15) is 9.59 Å². The number of nitrogens with zero attached hydrogens (tertiary/aromatic N) is 1. The average molecular weight is 286 g/mol. The van der Waals surface area contributed by atoms with Gasteiger partial charge in [0.15, 0.2) is 0 Å². The molecular formula is C15H30N2O3. The number of urea groups is 1. The van der Waals surface area contributed by atoms with Gasteiger partial charge in [0.2, 0.25) is 0 Å². The number of carbonyl (C=O) groups is 2. The molecule has 3 unspecified atom stereocenters. The fourth-order valence-electron chi connectivity index (χ4n) is 1.87. The van der Waals surface area contributed by atoms with Gasteiger partial charge in [0.05, 0.1) is 5.92 Å². The Kier molecular flexibility index (Phi) is 8.26.